The number of hydrogen-bond acceptors (Lipinski definition) is 2. The van der Waals surface area contributed by atoms with E-state index in [2.05, 4.69) is 5.32 Å². The first kappa shape index (κ1) is 12.7. The molecule has 3 nitrogen and oxygen atoms in total. The Balaban J connectivity index is 2.66. The Hall–Kier alpha value is -1.35. The standard InChI is InChI=1S/C13H19NO2/c1-9-4-10(2)6-12(5-9)13(16)14-7-11(3)8-15/h4-6,11,15H,7-8H2,1-3H3,(H,14,16). The van der Waals surface area contributed by atoms with E-state index in [4.69, 9.17) is 5.11 Å². The van der Waals surface area contributed by atoms with Gasteiger partial charge < -0.3 is 10.4 Å². The molecule has 3 heteroatoms. The molecule has 0 aliphatic rings. The Morgan fingerprint density at radius 3 is 2.38 bits per heavy atom. The van der Waals surface area contributed by atoms with Gasteiger partial charge in [-0.3, -0.25) is 4.79 Å². The summed E-state index contributed by atoms with van der Waals surface area (Å²) in [6.45, 7) is 6.43. The fraction of sp³-hybridized carbons (Fsp3) is 0.462. The fourth-order valence-electron chi connectivity index (χ4n) is 1.54. The van der Waals surface area contributed by atoms with Gasteiger partial charge in [-0.25, -0.2) is 0 Å². The van der Waals surface area contributed by atoms with Gasteiger partial charge in [-0.05, 0) is 31.9 Å². The third-order valence-corrected chi connectivity index (χ3v) is 2.41. The summed E-state index contributed by atoms with van der Waals surface area (Å²) < 4.78 is 0. The van der Waals surface area contributed by atoms with Crippen molar-refractivity contribution < 1.29 is 9.90 Å². The minimum absolute atomic E-state index is 0.0768. The van der Waals surface area contributed by atoms with Gasteiger partial charge in [0.25, 0.3) is 5.91 Å². The highest BCUT2D eigenvalue weighted by atomic mass is 16.3. The predicted octanol–water partition coefficient (Wildman–Crippen LogP) is 1.66. The van der Waals surface area contributed by atoms with E-state index >= 15 is 0 Å². The number of carbonyl (C=O) groups is 1. The van der Waals surface area contributed by atoms with Crippen LogP contribution in [0.1, 0.15) is 28.4 Å². The smallest absolute Gasteiger partial charge is 0.251 e. The second-order valence-electron chi connectivity index (χ2n) is 4.37. The summed E-state index contributed by atoms with van der Waals surface area (Å²) in [6.07, 6.45) is 0. The predicted molar refractivity (Wildman–Crippen MR) is 64.5 cm³/mol. The van der Waals surface area contributed by atoms with Crippen molar-refractivity contribution in [1.29, 1.82) is 0 Å². The lowest BCUT2D eigenvalue weighted by Gasteiger charge is -2.10. The topological polar surface area (TPSA) is 49.3 Å². The normalized spacial score (nSPS) is 12.2. The molecule has 0 spiro atoms. The Morgan fingerprint density at radius 2 is 1.88 bits per heavy atom. The highest BCUT2D eigenvalue weighted by Crippen LogP contribution is 2.08. The number of carbonyl (C=O) groups excluding carboxylic acids is 1. The molecule has 1 amide bonds. The quantitative estimate of drug-likeness (QED) is 0.812. The van der Waals surface area contributed by atoms with Gasteiger partial charge in [0.05, 0.1) is 0 Å². The number of amides is 1. The highest BCUT2D eigenvalue weighted by molar-refractivity contribution is 5.94. The van der Waals surface area contributed by atoms with Gasteiger partial charge in [-0.1, -0.05) is 24.1 Å². The zero-order valence-electron chi connectivity index (χ0n) is 10.1. The van der Waals surface area contributed by atoms with Crippen LogP contribution in [0.3, 0.4) is 0 Å². The number of nitrogens with one attached hydrogen (secondary N) is 1. The van der Waals surface area contributed by atoms with Crippen molar-refractivity contribution in [2.24, 2.45) is 5.92 Å². The van der Waals surface area contributed by atoms with Crippen LogP contribution in [0.15, 0.2) is 18.2 Å². The number of aryl methyl sites for hydroxylation is 2. The van der Waals surface area contributed by atoms with Crippen LogP contribution >= 0.6 is 0 Å². The van der Waals surface area contributed by atoms with Gasteiger partial charge in [0.1, 0.15) is 0 Å². The molecule has 0 heterocycles. The van der Waals surface area contributed by atoms with Crippen LogP contribution in [-0.4, -0.2) is 24.2 Å². The van der Waals surface area contributed by atoms with Crippen LogP contribution in [0.25, 0.3) is 0 Å². The van der Waals surface area contributed by atoms with Crippen LogP contribution in [0.5, 0.6) is 0 Å². The summed E-state index contributed by atoms with van der Waals surface area (Å²) in [5.74, 6) is 0.0157. The van der Waals surface area contributed by atoms with Gasteiger partial charge in [0.2, 0.25) is 0 Å². The molecular formula is C13H19NO2. The molecule has 0 bridgehead atoms. The highest BCUT2D eigenvalue weighted by Gasteiger charge is 2.07. The van der Waals surface area contributed by atoms with Crippen LogP contribution in [0.2, 0.25) is 0 Å². The molecule has 0 aliphatic heterocycles. The van der Waals surface area contributed by atoms with Gasteiger partial charge in [0, 0.05) is 18.7 Å². The minimum atomic E-state index is -0.0768. The van der Waals surface area contributed by atoms with E-state index in [1.54, 1.807) is 0 Å². The number of hydrogen-bond donors (Lipinski definition) is 2. The average molecular weight is 221 g/mol. The molecular weight excluding hydrogens is 202 g/mol. The third kappa shape index (κ3) is 3.66. The summed E-state index contributed by atoms with van der Waals surface area (Å²) in [6, 6.07) is 5.77. The summed E-state index contributed by atoms with van der Waals surface area (Å²) in [7, 11) is 0. The zero-order valence-corrected chi connectivity index (χ0v) is 10.1. The van der Waals surface area contributed by atoms with Crippen molar-refractivity contribution in [3.05, 3.63) is 34.9 Å². The average Bonchev–Trinajstić information content (AvgIpc) is 2.23. The molecule has 2 N–H and O–H groups in total. The van der Waals surface area contributed by atoms with E-state index < -0.39 is 0 Å². The molecule has 1 aromatic carbocycles. The molecule has 0 saturated heterocycles. The number of benzene rings is 1. The second kappa shape index (κ2) is 5.66. The van der Waals surface area contributed by atoms with Crippen LogP contribution in [0.4, 0.5) is 0 Å². The molecule has 0 fully saturated rings. The first-order valence-corrected chi connectivity index (χ1v) is 5.50. The van der Waals surface area contributed by atoms with Crippen LogP contribution in [0, 0.1) is 19.8 Å². The van der Waals surface area contributed by atoms with E-state index in [0.717, 1.165) is 11.1 Å². The lowest BCUT2D eigenvalue weighted by atomic mass is 10.1. The first-order valence-electron chi connectivity index (χ1n) is 5.50. The number of aliphatic hydroxyl groups excluding tert-OH is 1. The van der Waals surface area contributed by atoms with Crippen LogP contribution < -0.4 is 5.32 Å². The van der Waals surface area contributed by atoms with E-state index in [1.807, 2.05) is 39.0 Å². The largest absolute Gasteiger partial charge is 0.396 e. The Morgan fingerprint density at radius 1 is 1.31 bits per heavy atom. The molecule has 0 aliphatic carbocycles. The Labute approximate surface area is 96.5 Å². The first-order chi connectivity index (χ1) is 7.52. The van der Waals surface area contributed by atoms with Gasteiger partial charge in [-0.2, -0.15) is 0 Å². The summed E-state index contributed by atoms with van der Waals surface area (Å²) in [5.41, 5.74) is 2.85. The van der Waals surface area contributed by atoms with E-state index in [0.29, 0.717) is 12.1 Å². The summed E-state index contributed by atoms with van der Waals surface area (Å²) in [5, 5.41) is 11.7. The van der Waals surface area contributed by atoms with Gasteiger partial charge in [-0.15, -0.1) is 0 Å². The SMILES string of the molecule is Cc1cc(C)cc(C(=O)NCC(C)CO)c1. The molecule has 0 aromatic heterocycles. The monoisotopic (exact) mass is 221 g/mol. The van der Waals surface area contributed by atoms with Crippen molar-refractivity contribution >= 4 is 5.91 Å². The lowest BCUT2D eigenvalue weighted by molar-refractivity contribution is 0.0942. The lowest BCUT2D eigenvalue weighted by Crippen LogP contribution is -2.29. The van der Waals surface area contributed by atoms with E-state index in [-0.39, 0.29) is 18.4 Å². The maximum atomic E-state index is 11.8. The maximum Gasteiger partial charge on any atom is 0.251 e. The molecule has 1 rings (SSSR count). The number of aliphatic hydroxyl groups is 1. The fourth-order valence-corrected chi connectivity index (χ4v) is 1.54. The van der Waals surface area contributed by atoms with Crippen LogP contribution in [-0.2, 0) is 0 Å². The second-order valence-corrected chi connectivity index (χ2v) is 4.37. The Kier molecular flexibility index (Phi) is 4.50. The Bertz CT molecular complexity index is 354. The van der Waals surface area contributed by atoms with Crippen molar-refractivity contribution in [2.45, 2.75) is 20.8 Å². The minimum Gasteiger partial charge on any atom is -0.396 e. The molecule has 88 valence electrons. The molecule has 1 unspecified atom stereocenters. The summed E-state index contributed by atoms with van der Waals surface area (Å²) in [4.78, 5) is 11.8. The number of rotatable bonds is 4. The molecule has 0 saturated carbocycles. The molecule has 0 radical (unpaired) electrons. The van der Waals surface area contributed by atoms with Crippen molar-refractivity contribution in [3.8, 4) is 0 Å². The van der Waals surface area contributed by atoms with Gasteiger partial charge >= 0.3 is 0 Å². The maximum absolute atomic E-state index is 11.8. The molecule has 1 aromatic rings. The molecule has 1 atom stereocenters. The van der Waals surface area contributed by atoms with Crippen molar-refractivity contribution in [3.63, 3.8) is 0 Å². The summed E-state index contributed by atoms with van der Waals surface area (Å²) >= 11 is 0. The van der Waals surface area contributed by atoms with E-state index in [9.17, 15) is 4.79 Å². The van der Waals surface area contributed by atoms with Gasteiger partial charge in [0.15, 0.2) is 0 Å². The third-order valence-electron chi connectivity index (χ3n) is 2.41. The zero-order chi connectivity index (χ0) is 12.1. The van der Waals surface area contributed by atoms with Crippen molar-refractivity contribution in [2.75, 3.05) is 13.2 Å². The van der Waals surface area contributed by atoms with E-state index in [1.165, 1.54) is 0 Å². The van der Waals surface area contributed by atoms with Crippen molar-refractivity contribution in [1.82, 2.24) is 5.32 Å². The molecule has 16 heavy (non-hydrogen) atoms.